The molecule has 9 heteroatoms. The third-order valence-electron chi connectivity index (χ3n) is 5.04. The van der Waals surface area contributed by atoms with Crippen LogP contribution in [0.25, 0.3) is 10.2 Å². The topological polar surface area (TPSA) is 81.0 Å². The Balaban J connectivity index is 2.00. The summed E-state index contributed by atoms with van der Waals surface area (Å²) in [6, 6.07) is 4.22. The molecular weight excluding hydrogens is 398 g/mol. The molecule has 0 spiro atoms. The van der Waals surface area contributed by atoms with Crippen LogP contribution in [0.1, 0.15) is 24.0 Å². The van der Waals surface area contributed by atoms with Crippen molar-refractivity contribution in [3.63, 3.8) is 0 Å². The Bertz CT molecular complexity index is 1050. The van der Waals surface area contributed by atoms with Gasteiger partial charge in [-0.2, -0.15) is 4.99 Å². The number of benzene rings is 1. The largest absolute Gasteiger partial charge is 0.383 e. The van der Waals surface area contributed by atoms with Crippen LogP contribution >= 0.6 is 11.3 Å². The Morgan fingerprint density at radius 2 is 2.11 bits per heavy atom. The van der Waals surface area contributed by atoms with Crippen LogP contribution in [0.5, 0.6) is 0 Å². The number of thiazole rings is 1. The van der Waals surface area contributed by atoms with Crippen LogP contribution in [-0.2, 0) is 26.1 Å². The predicted octanol–water partition coefficient (Wildman–Crippen LogP) is 2.06. The van der Waals surface area contributed by atoms with Gasteiger partial charge in [-0.3, -0.25) is 4.79 Å². The van der Waals surface area contributed by atoms with Gasteiger partial charge in [-0.1, -0.05) is 17.4 Å². The van der Waals surface area contributed by atoms with Gasteiger partial charge in [0.25, 0.3) is 5.91 Å². The molecule has 1 fully saturated rings. The Morgan fingerprint density at radius 1 is 1.36 bits per heavy atom. The fraction of sp³-hybridized carbons (Fsp3) is 0.579. The van der Waals surface area contributed by atoms with Crippen molar-refractivity contribution < 1.29 is 17.9 Å². The van der Waals surface area contributed by atoms with Crippen LogP contribution in [0.15, 0.2) is 17.1 Å². The van der Waals surface area contributed by atoms with E-state index in [0.717, 1.165) is 21.3 Å². The maximum Gasteiger partial charge on any atom is 0.252 e. The van der Waals surface area contributed by atoms with Gasteiger partial charge in [-0.05, 0) is 43.9 Å². The molecule has 1 aliphatic rings. The number of methoxy groups -OCH3 is 1. The van der Waals surface area contributed by atoms with E-state index in [9.17, 15) is 13.2 Å². The zero-order valence-electron chi connectivity index (χ0n) is 16.8. The zero-order valence-corrected chi connectivity index (χ0v) is 18.4. The number of carbonyl (C=O) groups is 1. The molecule has 2 heterocycles. The third kappa shape index (κ3) is 4.53. The standard InChI is InChI=1S/C19H27N3O4S2/c1-13-10-14(2)17-16(11-13)22(8-9-26-3)19(27-17)20-18(23)15-6-5-7-21(12-15)28(4,24)25/h10-11,15H,5-9,12H2,1-4H3. The molecule has 1 aliphatic heterocycles. The molecule has 0 N–H and O–H groups in total. The van der Waals surface area contributed by atoms with Crippen molar-refractivity contribution in [2.45, 2.75) is 33.2 Å². The van der Waals surface area contributed by atoms with Gasteiger partial charge < -0.3 is 9.30 Å². The third-order valence-corrected chi connectivity index (χ3v) is 7.54. The Kier molecular flexibility index (Phi) is 6.38. The van der Waals surface area contributed by atoms with Crippen molar-refractivity contribution in [3.8, 4) is 0 Å². The van der Waals surface area contributed by atoms with Gasteiger partial charge in [0.1, 0.15) is 0 Å². The first-order valence-corrected chi connectivity index (χ1v) is 12.0. The molecular formula is C19H27N3O4S2. The number of amides is 1. The lowest BCUT2D eigenvalue weighted by molar-refractivity contribution is -0.122. The Morgan fingerprint density at radius 3 is 2.79 bits per heavy atom. The summed E-state index contributed by atoms with van der Waals surface area (Å²) in [6.07, 6.45) is 2.52. The normalized spacial score (nSPS) is 19.4. The summed E-state index contributed by atoms with van der Waals surface area (Å²) in [5.41, 5.74) is 3.36. The summed E-state index contributed by atoms with van der Waals surface area (Å²) in [5, 5.41) is 0. The SMILES string of the molecule is COCCn1c(=NC(=O)C2CCCN(S(C)(=O)=O)C2)sc2c(C)cc(C)cc21. The molecule has 3 rings (SSSR count). The molecule has 0 saturated carbocycles. The van der Waals surface area contributed by atoms with E-state index in [4.69, 9.17) is 4.74 Å². The molecule has 28 heavy (non-hydrogen) atoms. The number of fused-ring (bicyclic) bond motifs is 1. The number of sulfonamides is 1. The molecule has 0 aliphatic carbocycles. The average Bonchev–Trinajstić information content (AvgIpc) is 2.96. The van der Waals surface area contributed by atoms with E-state index < -0.39 is 15.9 Å². The first kappa shape index (κ1) is 21.2. The molecule has 2 aromatic rings. The second-order valence-electron chi connectivity index (χ2n) is 7.37. The van der Waals surface area contributed by atoms with Gasteiger partial charge in [-0.15, -0.1) is 0 Å². The van der Waals surface area contributed by atoms with Crippen molar-refractivity contribution in [3.05, 3.63) is 28.1 Å². The van der Waals surface area contributed by atoms with Crippen molar-refractivity contribution in [2.75, 3.05) is 33.1 Å². The first-order valence-electron chi connectivity index (χ1n) is 9.34. The van der Waals surface area contributed by atoms with Crippen molar-refractivity contribution in [1.29, 1.82) is 0 Å². The fourth-order valence-corrected chi connectivity index (χ4v) is 5.65. The van der Waals surface area contributed by atoms with E-state index in [0.29, 0.717) is 37.3 Å². The average molecular weight is 426 g/mol. The van der Waals surface area contributed by atoms with Crippen LogP contribution < -0.4 is 4.80 Å². The number of piperidine rings is 1. The summed E-state index contributed by atoms with van der Waals surface area (Å²) in [4.78, 5) is 17.9. The van der Waals surface area contributed by atoms with E-state index >= 15 is 0 Å². The second-order valence-corrected chi connectivity index (χ2v) is 10.3. The molecule has 0 radical (unpaired) electrons. The van der Waals surface area contributed by atoms with Gasteiger partial charge in [-0.25, -0.2) is 12.7 Å². The van der Waals surface area contributed by atoms with Gasteiger partial charge in [0.15, 0.2) is 4.80 Å². The van der Waals surface area contributed by atoms with Crippen molar-refractivity contribution in [2.24, 2.45) is 10.9 Å². The summed E-state index contributed by atoms with van der Waals surface area (Å²) < 4.78 is 33.4. The molecule has 1 unspecified atom stereocenters. The van der Waals surface area contributed by atoms with Crippen molar-refractivity contribution in [1.82, 2.24) is 8.87 Å². The predicted molar refractivity (Wildman–Crippen MR) is 111 cm³/mol. The first-order chi connectivity index (χ1) is 13.2. The minimum absolute atomic E-state index is 0.211. The molecule has 1 amide bonds. The highest BCUT2D eigenvalue weighted by molar-refractivity contribution is 7.88. The second kappa shape index (κ2) is 8.44. The van der Waals surface area contributed by atoms with Gasteiger partial charge in [0, 0.05) is 26.7 Å². The lowest BCUT2D eigenvalue weighted by atomic mass is 9.99. The van der Waals surface area contributed by atoms with Gasteiger partial charge >= 0.3 is 0 Å². The van der Waals surface area contributed by atoms with Crippen LogP contribution in [0, 0.1) is 19.8 Å². The summed E-state index contributed by atoms with van der Waals surface area (Å²) in [5.74, 6) is -0.646. The number of hydrogen-bond donors (Lipinski definition) is 0. The highest BCUT2D eigenvalue weighted by atomic mass is 32.2. The van der Waals surface area contributed by atoms with E-state index in [1.807, 2.05) is 4.57 Å². The summed E-state index contributed by atoms with van der Waals surface area (Å²) in [7, 11) is -1.65. The molecule has 0 bridgehead atoms. The van der Waals surface area contributed by atoms with Gasteiger partial charge in [0.05, 0.1) is 29.0 Å². The Labute approximate surface area is 169 Å². The number of ether oxygens (including phenoxy) is 1. The number of rotatable bonds is 5. The quantitative estimate of drug-likeness (QED) is 0.734. The van der Waals surface area contributed by atoms with Crippen molar-refractivity contribution >= 4 is 37.5 Å². The zero-order chi connectivity index (χ0) is 20.5. The molecule has 1 saturated heterocycles. The number of nitrogens with zero attached hydrogens (tertiary/aromatic N) is 3. The molecule has 1 aromatic carbocycles. The van der Waals surface area contributed by atoms with E-state index in [1.54, 1.807) is 7.11 Å². The van der Waals surface area contributed by atoms with Crippen LogP contribution in [0.4, 0.5) is 0 Å². The molecule has 7 nitrogen and oxygen atoms in total. The van der Waals surface area contributed by atoms with Gasteiger partial charge in [0.2, 0.25) is 10.0 Å². The summed E-state index contributed by atoms with van der Waals surface area (Å²) >= 11 is 1.50. The number of aryl methyl sites for hydroxylation is 2. The minimum atomic E-state index is -3.30. The van der Waals surface area contributed by atoms with E-state index in [2.05, 4.69) is 31.0 Å². The maximum absolute atomic E-state index is 12.9. The fourth-order valence-electron chi connectivity index (χ4n) is 3.63. The van der Waals surface area contributed by atoms with Crippen LogP contribution in [-0.4, -0.2) is 56.3 Å². The maximum atomic E-state index is 12.9. The molecule has 1 atom stereocenters. The summed E-state index contributed by atoms with van der Waals surface area (Å²) in [6.45, 7) is 5.91. The lowest BCUT2D eigenvalue weighted by Crippen LogP contribution is -2.41. The highest BCUT2D eigenvalue weighted by Crippen LogP contribution is 2.24. The molecule has 154 valence electrons. The number of carbonyl (C=O) groups excluding carboxylic acids is 1. The lowest BCUT2D eigenvalue weighted by Gasteiger charge is -2.28. The smallest absolute Gasteiger partial charge is 0.252 e. The van der Waals surface area contributed by atoms with E-state index in [-0.39, 0.29) is 12.5 Å². The number of hydrogen-bond acceptors (Lipinski definition) is 5. The molecule has 1 aromatic heterocycles. The van der Waals surface area contributed by atoms with E-state index in [1.165, 1.54) is 21.9 Å². The number of aromatic nitrogens is 1. The Hall–Kier alpha value is -1.55. The minimum Gasteiger partial charge on any atom is -0.383 e. The highest BCUT2D eigenvalue weighted by Gasteiger charge is 2.30. The monoisotopic (exact) mass is 425 g/mol. The van der Waals surface area contributed by atoms with Crippen LogP contribution in [0.3, 0.4) is 0 Å². The van der Waals surface area contributed by atoms with Crippen LogP contribution in [0.2, 0.25) is 0 Å².